The zero-order valence-electron chi connectivity index (χ0n) is 12.6. The maximum Gasteiger partial charge on any atom is 0.250 e. The van der Waals surface area contributed by atoms with Crippen LogP contribution in [0.5, 0.6) is 0 Å². The van der Waals surface area contributed by atoms with E-state index in [4.69, 9.17) is 40.5 Å². The summed E-state index contributed by atoms with van der Waals surface area (Å²) in [5, 5.41) is 6.58. The Kier molecular flexibility index (Phi) is 5.94. The molecular weight excluding hydrogens is 373 g/mol. The molecule has 0 fully saturated rings. The van der Waals surface area contributed by atoms with Crippen LogP contribution < -0.4 is 16.4 Å². The Morgan fingerprint density at radius 3 is 2.42 bits per heavy atom. The summed E-state index contributed by atoms with van der Waals surface area (Å²) in [4.78, 5) is 23.4. The number of carbonyl (C=O) groups excluding carboxylic acids is 2. The van der Waals surface area contributed by atoms with Gasteiger partial charge in [0.05, 0.1) is 27.8 Å². The van der Waals surface area contributed by atoms with E-state index < -0.39 is 5.91 Å². The van der Waals surface area contributed by atoms with E-state index in [1.165, 1.54) is 12.1 Å². The van der Waals surface area contributed by atoms with Gasteiger partial charge in [-0.3, -0.25) is 9.59 Å². The minimum atomic E-state index is -0.682. The second kappa shape index (κ2) is 7.75. The first-order valence-electron chi connectivity index (χ1n) is 6.87. The van der Waals surface area contributed by atoms with E-state index in [2.05, 4.69) is 10.6 Å². The van der Waals surface area contributed by atoms with E-state index in [1.807, 2.05) is 0 Å². The summed E-state index contributed by atoms with van der Waals surface area (Å²) in [6.07, 6.45) is 0. The van der Waals surface area contributed by atoms with Crippen molar-refractivity contribution in [2.75, 3.05) is 17.2 Å². The van der Waals surface area contributed by atoms with Gasteiger partial charge in [-0.05, 0) is 36.8 Å². The van der Waals surface area contributed by atoms with Gasteiger partial charge in [-0.2, -0.15) is 0 Å². The molecule has 0 heterocycles. The first-order valence-corrected chi connectivity index (χ1v) is 8.00. The molecule has 2 aromatic carbocycles. The number of amides is 2. The molecule has 0 aliphatic rings. The molecule has 0 unspecified atom stereocenters. The van der Waals surface area contributed by atoms with Gasteiger partial charge in [-0.25, -0.2) is 0 Å². The molecule has 0 aliphatic heterocycles. The number of nitrogens with two attached hydrogens (primary N) is 1. The van der Waals surface area contributed by atoms with Crippen molar-refractivity contribution in [3.05, 3.63) is 56.5 Å². The van der Waals surface area contributed by atoms with Crippen LogP contribution in [0.25, 0.3) is 0 Å². The Bertz CT molecular complexity index is 809. The summed E-state index contributed by atoms with van der Waals surface area (Å²) in [6.45, 7) is 1.74. The first kappa shape index (κ1) is 18.4. The quantitative estimate of drug-likeness (QED) is 0.723. The highest BCUT2D eigenvalue weighted by Crippen LogP contribution is 2.29. The molecule has 2 aromatic rings. The minimum Gasteiger partial charge on any atom is -0.375 e. The van der Waals surface area contributed by atoms with Gasteiger partial charge >= 0.3 is 0 Å². The third kappa shape index (κ3) is 4.32. The van der Waals surface area contributed by atoms with E-state index in [-0.39, 0.29) is 28.1 Å². The van der Waals surface area contributed by atoms with Crippen LogP contribution in [0.2, 0.25) is 15.1 Å². The number of carbonyl (C=O) groups is 2. The van der Waals surface area contributed by atoms with Crippen LogP contribution in [0.1, 0.15) is 15.9 Å². The minimum absolute atomic E-state index is 0.0640. The Morgan fingerprint density at radius 1 is 1.04 bits per heavy atom. The van der Waals surface area contributed by atoms with Crippen molar-refractivity contribution in [2.45, 2.75) is 6.92 Å². The topological polar surface area (TPSA) is 84.2 Å². The molecule has 2 rings (SSSR count). The summed E-state index contributed by atoms with van der Waals surface area (Å²) in [6, 6.07) is 8.03. The fraction of sp³-hybridized carbons (Fsp3) is 0.125. The lowest BCUT2D eigenvalue weighted by Gasteiger charge is -2.12. The lowest BCUT2D eigenvalue weighted by molar-refractivity contribution is -0.114. The molecule has 2 amide bonds. The molecule has 0 aliphatic carbocycles. The molecule has 0 saturated heterocycles. The average Bonchev–Trinajstić information content (AvgIpc) is 2.50. The molecule has 0 aromatic heterocycles. The SMILES string of the molecule is Cc1c(Cl)cccc1NC(=O)CNc1cc(C(N)=O)c(Cl)cc1Cl. The monoisotopic (exact) mass is 385 g/mol. The molecule has 0 spiro atoms. The number of anilines is 2. The van der Waals surface area contributed by atoms with Gasteiger partial charge in [0, 0.05) is 10.7 Å². The molecule has 0 atom stereocenters. The smallest absolute Gasteiger partial charge is 0.250 e. The summed E-state index contributed by atoms with van der Waals surface area (Å²) in [5.74, 6) is -0.981. The highest BCUT2D eigenvalue weighted by atomic mass is 35.5. The third-order valence-corrected chi connectivity index (χ3v) is 4.34. The largest absolute Gasteiger partial charge is 0.375 e. The summed E-state index contributed by atoms with van der Waals surface area (Å²) >= 11 is 18.0. The van der Waals surface area contributed by atoms with Crippen molar-refractivity contribution in [1.29, 1.82) is 0 Å². The standard InChI is InChI=1S/C16H14Cl3N3O2/c1-8-10(17)3-2-4-13(8)22-15(23)7-21-14-5-9(16(20)24)11(18)6-12(14)19/h2-6,21H,7H2,1H3,(H2,20,24)(H,22,23). The number of halogens is 3. The summed E-state index contributed by atoms with van der Waals surface area (Å²) in [5.41, 5.74) is 7.13. The van der Waals surface area contributed by atoms with Crippen molar-refractivity contribution in [2.24, 2.45) is 5.73 Å². The van der Waals surface area contributed by atoms with E-state index >= 15 is 0 Å². The molecule has 4 N–H and O–H groups in total. The highest BCUT2D eigenvalue weighted by Gasteiger charge is 2.13. The zero-order chi connectivity index (χ0) is 17.9. The Labute approximate surface area is 154 Å². The average molecular weight is 387 g/mol. The number of hydrogen-bond acceptors (Lipinski definition) is 3. The van der Waals surface area contributed by atoms with E-state index in [9.17, 15) is 9.59 Å². The Morgan fingerprint density at radius 2 is 1.75 bits per heavy atom. The molecule has 24 heavy (non-hydrogen) atoms. The van der Waals surface area contributed by atoms with Gasteiger partial charge in [-0.15, -0.1) is 0 Å². The molecule has 0 bridgehead atoms. The molecule has 5 nitrogen and oxygen atoms in total. The van der Waals surface area contributed by atoms with Crippen LogP contribution in [0.4, 0.5) is 11.4 Å². The third-order valence-electron chi connectivity index (χ3n) is 3.30. The normalized spacial score (nSPS) is 10.3. The van der Waals surface area contributed by atoms with Crippen molar-refractivity contribution in [3.8, 4) is 0 Å². The van der Waals surface area contributed by atoms with Gasteiger partial charge in [0.25, 0.3) is 0 Å². The van der Waals surface area contributed by atoms with Crippen molar-refractivity contribution < 1.29 is 9.59 Å². The fourth-order valence-corrected chi connectivity index (χ4v) is 2.70. The molecular formula is C16H14Cl3N3O2. The number of primary amides is 1. The number of nitrogens with one attached hydrogen (secondary N) is 2. The van der Waals surface area contributed by atoms with Crippen LogP contribution >= 0.6 is 34.8 Å². The Balaban J connectivity index is 2.08. The zero-order valence-corrected chi connectivity index (χ0v) is 14.9. The maximum atomic E-state index is 12.1. The lowest BCUT2D eigenvalue weighted by Crippen LogP contribution is -2.22. The van der Waals surface area contributed by atoms with Crippen LogP contribution in [0, 0.1) is 6.92 Å². The second-order valence-corrected chi connectivity index (χ2v) is 6.21. The number of hydrogen-bond donors (Lipinski definition) is 3. The maximum absolute atomic E-state index is 12.1. The van der Waals surface area contributed by atoms with Crippen molar-refractivity contribution in [1.82, 2.24) is 0 Å². The predicted octanol–water partition coefficient (Wildman–Crippen LogP) is 4.10. The predicted molar refractivity (Wildman–Crippen MR) is 98.3 cm³/mol. The molecule has 0 radical (unpaired) electrons. The van der Waals surface area contributed by atoms with Crippen LogP contribution in [-0.4, -0.2) is 18.4 Å². The van der Waals surface area contributed by atoms with Crippen LogP contribution in [0.3, 0.4) is 0 Å². The second-order valence-electron chi connectivity index (χ2n) is 4.99. The van der Waals surface area contributed by atoms with Gasteiger partial charge < -0.3 is 16.4 Å². The van der Waals surface area contributed by atoms with E-state index in [0.29, 0.717) is 16.4 Å². The van der Waals surface area contributed by atoms with Crippen molar-refractivity contribution >= 4 is 58.0 Å². The molecule has 126 valence electrons. The van der Waals surface area contributed by atoms with Crippen molar-refractivity contribution in [3.63, 3.8) is 0 Å². The fourth-order valence-electron chi connectivity index (χ4n) is 1.99. The van der Waals surface area contributed by atoms with Crippen LogP contribution in [0.15, 0.2) is 30.3 Å². The highest BCUT2D eigenvalue weighted by molar-refractivity contribution is 6.38. The first-order chi connectivity index (χ1) is 11.3. The molecule has 8 heteroatoms. The summed E-state index contributed by atoms with van der Waals surface area (Å²) in [7, 11) is 0. The van der Waals surface area contributed by atoms with Gasteiger partial charge in [0.2, 0.25) is 11.8 Å². The van der Waals surface area contributed by atoms with Gasteiger partial charge in [0.15, 0.2) is 0 Å². The van der Waals surface area contributed by atoms with Crippen LogP contribution in [-0.2, 0) is 4.79 Å². The number of benzene rings is 2. The summed E-state index contributed by atoms with van der Waals surface area (Å²) < 4.78 is 0. The van der Waals surface area contributed by atoms with Gasteiger partial charge in [-0.1, -0.05) is 40.9 Å². The van der Waals surface area contributed by atoms with E-state index in [1.54, 1.807) is 25.1 Å². The molecule has 0 saturated carbocycles. The lowest BCUT2D eigenvalue weighted by atomic mass is 10.2. The Hall–Kier alpha value is -1.95. The number of rotatable bonds is 5. The van der Waals surface area contributed by atoms with Gasteiger partial charge in [0.1, 0.15) is 0 Å². The van der Waals surface area contributed by atoms with E-state index in [0.717, 1.165) is 5.56 Å².